The Kier molecular flexibility index (Phi) is 4.57. The van der Waals surface area contributed by atoms with E-state index in [0.29, 0.717) is 11.2 Å². The van der Waals surface area contributed by atoms with Crippen molar-refractivity contribution in [1.82, 2.24) is 15.3 Å². The van der Waals surface area contributed by atoms with E-state index >= 15 is 0 Å². The molecule has 15 heavy (non-hydrogen) atoms. The van der Waals surface area contributed by atoms with Crippen LogP contribution in [0.5, 0.6) is 0 Å². The molecule has 1 fully saturated rings. The molecule has 1 saturated heterocycles. The average molecular weight is 249 g/mol. The lowest BCUT2D eigenvalue weighted by atomic mass is 10.2. The molecule has 0 spiro atoms. The Hall–Kier alpha value is -0.580. The van der Waals surface area contributed by atoms with E-state index in [-0.39, 0.29) is 12.4 Å². The fourth-order valence-corrected chi connectivity index (χ4v) is 1.82. The van der Waals surface area contributed by atoms with Crippen LogP contribution in [0.2, 0.25) is 5.15 Å². The topological polar surface area (TPSA) is 41.1 Å². The molecule has 0 amide bonds. The predicted octanol–water partition coefficient (Wildman–Crippen LogP) is 1.35. The molecule has 0 aromatic carbocycles. The lowest BCUT2D eigenvalue weighted by Crippen LogP contribution is -2.33. The summed E-state index contributed by atoms with van der Waals surface area (Å²) in [6.07, 6.45) is 2.65. The minimum Gasteiger partial charge on any atom is -0.355 e. The van der Waals surface area contributed by atoms with E-state index in [0.717, 1.165) is 25.3 Å². The van der Waals surface area contributed by atoms with Crippen LogP contribution >= 0.6 is 24.0 Å². The fourth-order valence-electron chi connectivity index (χ4n) is 1.67. The third-order valence-corrected chi connectivity index (χ3v) is 2.77. The van der Waals surface area contributed by atoms with Crippen LogP contribution in [0.4, 0.5) is 5.82 Å². The number of halogens is 2. The third kappa shape index (κ3) is 2.93. The van der Waals surface area contributed by atoms with Crippen molar-refractivity contribution in [2.75, 3.05) is 25.0 Å². The SMILES string of the molecule is CN(c1cc(Cl)ncn1)C1CCNC1.Cl. The van der Waals surface area contributed by atoms with E-state index < -0.39 is 0 Å². The van der Waals surface area contributed by atoms with Crippen molar-refractivity contribution < 1.29 is 0 Å². The van der Waals surface area contributed by atoms with E-state index in [1.54, 1.807) is 6.07 Å². The van der Waals surface area contributed by atoms with Gasteiger partial charge in [-0.05, 0) is 13.0 Å². The molecule has 0 saturated carbocycles. The van der Waals surface area contributed by atoms with Gasteiger partial charge >= 0.3 is 0 Å². The normalized spacial score (nSPS) is 19.7. The molecule has 0 radical (unpaired) electrons. The quantitative estimate of drug-likeness (QED) is 0.803. The van der Waals surface area contributed by atoms with Gasteiger partial charge in [-0.15, -0.1) is 12.4 Å². The molecule has 0 bridgehead atoms. The molecule has 2 heterocycles. The molecule has 2 rings (SSSR count). The highest BCUT2D eigenvalue weighted by atomic mass is 35.5. The second kappa shape index (κ2) is 5.49. The number of nitrogens with one attached hydrogen (secondary N) is 1. The fraction of sp³-hybridized carbons (Fsp3) is 0.556. The van der Waals surface area contributed by atoms with Gasteiger partial charge in [0.25, 0.3) is 0 Å². The van der Waals surface area contributed by atoms with Gasteiger partial charge in [0.1, 0.15) is 17.3 Å². The highest BCUT2D eigenvalue weighted by molar-refractivity contribution is 6.29. The van der Waals surface area contributed by atoms with Crippen molar-refractivity contribution in [2.24, 2.45) is 0 Å². The molecule has 1 unspecified atom stereocenters. The summed E-state index contributed by atoms with van der Waals surface area (Å²) in [5.41, 5.74) is 0. The van der Waals surface area contributed by atoms with Gasteiger partial charge in [-0.3, -0.25) is 0 Å². The number of rotatable bonds is 2. The minimum absolute atomic E-state index is 0. The third-order valence-electron chi connectivity index (χ3n) is 2.56. The zero-order chi connectivity index (χ0) is 9.97. The highest BCUT2D eigenvalue weighted by Crippen LogP contribution is 2.17. The molecule has 84 valence electrons. The summed E-state index contributed by atoms with van der Waals surface area (Å²) in [5, 5.41) is 3.81. The van der Waals surface area contributed by atoms with Gasteiger partial charge in [0.05, 0.1) is 0 Å². The van der Waals surface area contributed by atoms with Crippen LogP contribution < -0.4 is 10.2 Å². The van der Waals surface area contributed by atoms with Gasteiger partial charge in [0, 0.05) is 25.7 Å². The van der Waals surface area contributed by atoms with E-state index in [2.05, 4.69) is 20.2 Å². The largest absolute Gasteiger partial charge is 0.355 e. The maximum absolute atomic E-state index is 5.80. The molecule has 1 atom stereocenters. The summed E-state index contributed by atoms with van der Waals surface area (Å²) in [6.45, 7) is 2.09. The van der Waals surface area contributed by atoms with E-state index in [1.165, 1.54) is 6.33 Å². The van der Waals surface area contributed by atoms with Crippen molar-refractivity contribution in [1.29, 1.82) is 0 Å². The van der Waals surface area contributed by atoms with Crippen LogP contribution in [0.3, 0.4) is 0 Å². The lowest BCUT2D eigenvalue weighted by molar-refractivity contribution is 0.677. The molecule has 1 aromatic heterocycles. The molecule has 4 nitrogen and oxygen atoms in total. The molecule has 1 aliphatic rings. The Bertz CT molecular complexity index is 315. The van der Waals surface area contributed by atoms with Gasteiger partial charge in [-0.2, -0.15) is 0 Å². The summed E-state index contributed by atoms with van der Waals surface area (Å²) in [6, 6.07) is 2.31. The smallest absolute Gasteiger partial charge is 0.134 e. The summed E-state index contributed by atoms with van der Waals surface area (Å²) < 4.78 is 0. The summed E-state index contributed by atoms with van der Waals surface area (Å²) in [5.74, 6) is 0.888. The number of nitrogens with zero attached hydrogens (tertiary/aromatic N) is 3. The van der Waals surface area contributed by atoms with Gasteiger partial charge in [-0.25, -0.2) is 9.97 Å². The summed E-state index contributed by atoms with van der Waals surface area (Å²) >= 11 is 5.80. The number of anilines is 1. The predicted molar refractivity (Wildman–Crippen MR) is 64.0 cm³/mol. The first kappa shape index (κ1) is 12.5. The minimum atomic E-state index is 0. The molecular formula is C9H14Cl2N4. The zero-order valence-corrected chi connectivity index (χ0v) is 10.1. The molecule has 1 N–H and O–H groups in total. The number of hydrogen-bond donors (Lipinski definition) is 1. The van der Waals surface area contributed by atoms with Crippen molar-refractivity contribution in [2.45, 2.75) is 12.5 Å². The van der Waals surface area contributed by atoms with Gasteiger partial charge in [0.15, 0.2) is 0 Å². The summed E-state index contributed by atoms with van der Waals surface area (Å²) in [4.78, 5) is 10.2. The average Bonchev–Trinajstić information content (AvgIpc) is 2.69. The Morgan fingerprint density at radius 1 is 1.53 bits per heavy atom. The van der Waals surface area contributed by atoms with Crippen LogP contribution in [0.15, 0.2) is 12.4 Å². The van der Waals surface area contributed by atoms with Crippen LogP contribution in [0.25, 0.3) is 0 Å². The van der Waals surface area contributed by atoms with E-state index in [9.17, 15) is 0 Å². The van der Waals surface area contributed by atoms with Crippen LogP contribution in [-0.4, -0.2) is 36.1 Å². The van der Waals surface area contributed by atoms with Crippen LogP contribution in [0, 0.1) is 0 Å². The van der Waals surface area contributed by atoms with Gasteiger partial charge in [0.2, 0.25) is 0 Å². The lowest BCUT2D eigenvalue weighted by Gasteiger charge is -2.24. The monoisotopic (exact) mass is 248 g/mol. The first-order valence-corrected chi connectivity index (χ1v) is 5.06. The highest BCUT2D eigenvalue weighted by Gasteiger charge is 2.20. The molecule has 1 aliphatic heterocycles. The number of hydrogen-bond acceptors (Lipinski definition) is 4. The second-order valence-electron chi connectivity index (χ2n) is 3.46. The van der Waals surface area contributed by atoms with Crippen LogP contribution in [0.1, 0.15) is 6.42 Å². The van der Waals surface area contributed by atoms with E-state index in [4.69, 9.17) is 11.6 Å². The Morgan fingerprint density at radius 2 is 2.33 bits per heavy atom. The van der Waals surface area contributed by atoms with Gasteiger partial charge in [-0.1, -0.05) is 11.6 Å². The maximum Gasteiger partial charge on any atom is 0.134 e. The molecule has 1 aromatic rings. The summed E-state index contributed by atoms with van der Waals surface area (Å²) in [7, 11) is 2.04. The van der Waals surface area contributed by atoms with Crippen molar-refractivity contribution >= 4 is 29.8 Å². The maximum atomic E-state index is 5.80. The molecular weight excluding hydrogens is 235 g/mol. The number of aromatic nitrogens is 2. The van der Waals surface area contributed by atoms with Crippen molar-refractivity contribution in [3.8, 4) is 0 Å². The Balaban J connectivity index is 0.00000112. The Morgan fingerprint density at radius 3 is 2.93 bits per heavy atom. The van der Waals surface area contributed by atoms with Crippen molar-refractivity contribution in [3.05, 3.63) is 17.5 Å². The molecule has 6 heteroatoms. The molecule has 0 aliphatic carbocycles. The van der Waals surface area contributed by atoms with Crippen molar-refractivity contribution in [3.63, 3.8) is 0 Å². The number of likely N-dealkylation sites (N-methyl/N-ethyl adjacent to an activating group) is 1. The van der Waals surface area contributed by atoms with Crippen LogP contribution in [-0.2, 0) is 0 Å². The Labute approximate surface area is 100 Å². The zero-order valence-electron chi connectivity index (χ0n) is 8.48. The first-order chi connectivity index (χ1) is 6.77. The first-order valence-electron chi connectivity index (χ1n) is 4.68. The second-order valence-corrected chi connectivity index (χ2v) is 3.84. The standard InChI is InChI=1S/C9H13ClN4.ClH/c1-14(7-2-3-11-5-7)9-4-8(10)12-6-13-9;/h4,6-7,11H,2-3,5H2,1H3;1H. The van der Waals surface area contributed by atoms with E-state index in [1.807, 2.05) is 7.05 Å². The van der Waals surface area contributed by atoms with Gasteiger partial charge < -0.3 is 10.2 Å².